The molecule has 0 spiro atoms. The Hall–Kier alpha value is -3.22. The summed E-state index contributed by atoms with van der Waals surface area (Å²) in [4.78, 5) is 70.5. The molecule has 1 aliphatic carbocycles. The Bertz CT molecular complexity index is 760. The molecule has 3 unspecified atom stereocenters. The summed E-state index contributed by atoms with van der Waals surface area (Å²) >= 11 is 0. The number of ether oxygens (including phenoxy) is 6. The van der Waals surface area contributed by atoms with E-state index in [4.69, 9.17) is 28.4 Å². The Balaban J connectivity index is 3.70. The van der Waals surface area contributed by atoms with Gasteiger partial charge >= 0.3 is 35.8 Å². The second-order valence-corrected chi connectivity index (χ2v) is 7.72. The predicted molar refractivity (Wildman–Crippen MR) is 109 cm³/mol. The molecule has 192 valence electrons. The van der Waals surface area contributed by atoms with E-state index >= 15 is 0 Å². The third-order valence-electron chi connectivity index (χ3n) is 4.75. The largest absolute Gasteiger partial charge is 0.466 e. The van der Waals surface area contributed by atoms with Crippen LogP contribution in [0.2, 0.25) is 0 Å². The number of aliphatic hydroxyl groups is 1. The molecule has 0 aliphatic heterocycles. The molecule has 0 radical (unpaired) electrons. The Morgan fingerprint density at radius 3 is 1.26 bits per heavy atom. The third kappa shape index (κ3) is 7.97. The van der Waals surface area contributed by atoms with Crippen LogP contribution in [0.3, 0.4) is 0 Å². The molecule has 0 heterocycles. The first-order valence-electron chi connectivity index (χ1n) is 10.4. The van der Waals surface area contributed by atoms with E-state index in [9.17, 15) is 33.9 Å². The fraction of sp³-hybridized carbons (Fsp3) is 0.714. The van der Waals surface area contributed by atoms with Gasteiger partial charge in [-0.1, -0.05) is 0 Å². The summed E-state index contributed by atoms with van der Waals surface area (Å²) < 4.78 is 31.2. The molecular weight excluding hydrogens is 460 g/mol. The molecule has 1 aliphatic rings. The molecule has 0 aromatic heterocycles. The monoisotopic (exact) mass is 490 g/mol. The van der Waals surface area contributed by atoms with Crippen molar-refractivity contribution in [1.82, 2.24) is 0 Å². The zero-order valence-corrected chi connectivity index (χ0v) is 19.9. The van der Waals surface area contributed by atoms with Crippen molar-refractivity contribution in [2.24, 2.45) is 0 Å². The van der Waals surface area contributed by atoms with Crippen molar-refractivity contribution >= 4 is 35.8 Å². The second-order valence-electron chi connectivity index (χ2n) is 7.72. The zero-order valence-electron chi connectivity index (χ0n) is 19.9. The highest BCUT2D eigenvalue weighted by atomic mass is 16.7. The lowest BCUT2D eigenvalue weighted by molar-refractivity contribution is -0.287. The van der Waals surface area contributed by atoms with E-state index in [0.717, 1.165) is 34.6 Å². The quantitative estimate of drug-likeness (QED) is 0.254. The Labute approximate surface area is 195 Å². The van der Waals surface area contributed by atoms with Gasteiger partial charge in [-0.2, -0.15) is 0 Å². The summed E-state index contributed by atoms with van der Waals surface area (Å²) in [6.45, 7) is 6.12. The minimum atomic E-state index is -2.33. The summed E-state index contributed by atoms with van der Waals surface area (Å²) in [5.41, 5.74) is -2.33. The third-order valence-corrected chi connectivity index (χ3v) is 4.75. The van der Waals surface area contributed by atoms with Gasteiger partial charge < -0.3 is 33.5 Å². The maximum atomic E-state index is 11.9. The van der Waals surface area contributed by atoms with Crippen LogP contribution in [0.15, 0.2) is 0 Å². The first-order valence-corrected chi connectivity index (χ1v) is 10.4. The van der Waals surface area contributed by atoms with E-state index in [0.29, 0.717) is 0 Å². The highest BCUT2D eigenvalue weighted by Crippen LogP contribution is 2.41. The van der Waals surface area contributed by atoms with E-state index in [2.05, 4.69) is 0 Å². The van der Waals surface area contributed by atoms with E-state index < -0.39 is 71.9 Å². The summed E-state index contributed by atoms with van der Waals surface area (Å²) in [6, 6.07) is 0. The van der Waals surface area contributed by atoms with Crippen molar-refractivity contribution in [3.63, 3.8) is 0 Å². The molecule has 34 heavy (non-hydrogen) atoms. The highest BCUT2D eigenvalue weighted by molar-refractivity contribution is 5.70. The van der Waals surface area contributed by atoms with Crippen molar-refractivity contribution in [2.45, 2.75) is 90.5 Å². The Kier molecular flexibility index (Phi) is 10.4. The molecule has 0 saturated heterocycles. The van der Waals surface area contributed by atoms with Crippen LogP contribution in [0.4, 0.5) is 0 Å². The second kappa shape index (κ2) is 12.3. The van der Waals surface area contributed by atoms with Gasteiger partial charge in [-0.3, -0.25) is 28.8 Å². The molecule has 1 saturated carbocycles. The van der Waals surface area contributed by atoms with Crippen LogP contribution in [0.1, 0.15) is 54.4 Å². The van der Waals surface area contributed by atoms with Gasteiger partial charge in [0.05, 0.1) is 6.61 Å². The topological polar surface area (TPSA) is 178 Å². The molecule has 0 aromatic carbocycles. The van der Waals surface area contributed by atoms with E-state index in [1.54, 1.807) is 0 Å². The van der Waals surface area contributed by atoms with Gasteiger partial charge in [0, 0.05) is 41.5 Å². The molecule has 13 heteroatoms. The molecule has 1 fully saturated rings. The number of carbonyl (C=O) groups excluding carboxylic acids is 6. The molecular formula is C21H30O13. The van der Waals surface area contributed by atoms with Crippen molar-refractivity contribution < 1.29 is 62.3 Å². The van der Waals surface area contributed by atoms with E-state index in [1.165, 1.54) is 6.92 Å². The van der Waals surface area contributed by atoms with Crippen molar-refractivity contribution in [1.29, 1.82) is 0 Å². The van der Waals surface area contributed by atoms with Gasteiger partial charge in [0.1, 0.15) is 5.60 Å². The number of rotatable bonds is 9. The SMILES string of the molecule is CC(=O)OCCC[C@@]1(O)C(OC(C)=O)C(OC(C)=O)[C@H](OC(C)=O)C(OC(C)=O)[C@@H]1OC(C)=O. The lowest BCUT2D eigenvalue weighted by atomic mass is 9.71. The van der Waals surface area contributed by atoms with Crippen LogP contribution in [-0.4, -0.2) is 83.7 Å². The minimum Gasteiger partial charge on any atom is -0.466 e. The van der Waals surface area contributed by atoms with Crippen LogP contribution in [-0.2, 0) is 57.2 Å². The average molecular weight is 490 g/mol. The van der Waals surface area contributed by atoms with Crippen molar-refractivity contribution in [2.75, 3.05) is 6.61 Å². The standard InChI is InChI=1S/C21H30O13/c1-10(22)29-9-7-8-21(28)19(33-14(5)26)17(31-12(3)24)16(30-11(2)23)18(32-13(4)25)20(21)34-15(6)27/h16-20,28H,7-9H2,1-6H3/t16-,17?,18?,19+,20?,21+/m1/s1. The molecule has 1 rings (SSSR count). The molecule has 1 N–H and O–H groups in total. The molecule has 0 bridgehead atoms. The molecule has 0 amide bonds. The number of carbonyl (C=O) groups is 6. The molecule has 13 nitrogen and oxygen atoms in total. The Morgan fingerprint density at radius 2 is 0.941 bits per heavy atom. The van der Waals surface area contributed by atoms with Gasteiger partial charge in [0.2, 0.25) is 0 Å². The first kappa shape index (κ1) is 28.8. The maximum Gasteiger partial charge on any atom is 0.303 e. The van der Waals surface area contributed by atoms with E-state index in [1.807, 2.05) is 0 Å². The van der Waals surface area contributed by atoms with Crippen LogP contribution in [0, 0.1) is 0 Å². The van der Waals surface area contributed by atoms with Crippen LogP contribution < -0.4 is 0 Å². The summed E-state index contributed by atoms with van der Waals surface area (Å²) in [6.07, 6.45) is -8.74. The summed E-state index contributed by atoms with van der Waals surface area (Å²) in [7, 11) is 0. The minimum absolute atomic E-state index is 0.0244. The predicted octanol–water partition coefficient (Wildman–Crippen LogP) is -0.267. The van der Waals surface area contributed by atoms with Crippen molar-refractivity contribution in [3.8, 4) is 0 Å². The fourth-order valence-electron chi connectivity index (χ4n) is 3.78. The zero-order chi connectivity index (χ0) is 26.2. The van der Waals surface area contributed by atoms with E-state index in [-0.39, 0.29) is 19.4 Å². The van der Waals surface area contributed by atoms with Crippen LogP contribution in [0.25, 0.3) is 0 Å². The summed E-state index contributed by atoms with van der Waals surface area (Å²) in [5, 5.41) is 11.8. The van der Waals surface area contributed by atoms with Gasteiger partial charge in [0.15, 0.2) is 30.5 Å². The van der Waals surface area contributed by atoms with Gasteiger partial charge in [-0.25, -0.2) is 0 Å². The fourth-order valence-corrected chi connectivity index (χ4v) is 3.78. The number of hydrogen-bond donors (Lipinski definition) is 1. The summed E-state index contributed by atoms with van der Waals surface area (Å²) in [5.74, 6) is -5.08. The van der Waals surface area contributed by atoms with Crippen LogP contribution in [0.5, 0.6) is 0 Å². The maximum absolute atomic E-state index is 11.9. The Morgan fingerprint density at radius 1 is 0.588 bits per heavy atom. The lowest BCUT2D eigenvalue weighted by Gasteiger charge is -2.52. The van der Waals surface area contributed by atoms with Crippen LogP contribution >= 0.6 is 0 Å². The average Bonchev–Trinajstić information content (AvgIpc) is 2.66. The molecule has 0 aromatic rings. The smallest absolute Gasteiger partial charge is 0.303 e. The van der Waals surface area contributed by atoms with Gasteiger partial charge in [-0.05, 0) is 12.8 Å². The normalized spacial score (nSPS) is 28.1. The van der Waals surface area contributed by atoms with Gasteiger partial charge in [0.25, 0.3) is 0 Å². The lowest BCUT2D eigenvalue weighted by Crippen LogP contribution is -2.74. The van der Waals surface area contributed by atoms with Gasteiger partial charge in [-0.15, -0.1) is 0 Å². The number of esters is 6. The number of hydrogen-bond acceptors (Lipinski definition) is 13. The first-order chi connectivity index (χ1) is 15.7. The highest BCUT2D eigenvalue weighted by Gasteiger charge is 2.66. The molecule has 6 atom stereocenters. The van der Waals surface area contributed by atoms with Crippen molar-refractivity contribution in [3.05, 3.63) is 0 Å².